The Morgan fingerprint density at radius 3 is 2.48 bits per heavy atom. The third-order valence-corrected chi connectivity index (χ3v) is 7.30. The topological polar surface area (TPSA) is 142 Å². The maximum absolute atomic E-state index is 13.6. The smallest absolute Gasteiger partial charge is 0.344 e. The molecule has 0 atom stereocenters. The van der Waals surface area contributed by atoms with Crippen LogP contribution in [0.3, 0.4) is 0 Å². The molecular formula is C32H32FN3O8. The summed E-state index contributed by atoms with van der Waals surface area (Å²) in [5.74, 6) is -0.660. The number of nitro benzene ring substituents is 1. The van der Waals surface area contributed by atoms with Crippen molar-refractivity contribution in [3.05, 3.63) is 92.8 Å². The number of benzene rings is 3. The van der Waals surface area contributed by atoms with E-state index in [1.807, 2.05) is 12.1 Å². The summed E-state index contributed by atoms with van der Waals surface area (Å²) in [5.41, 5.74) is 3.67. The average Bonchev–Trinajstić information content (AvgIpc) is 3.81. The number of amides is 1. The number of nitrogens with zero attached hydrogens (tertiary/aromatic N) is 1. The lowest BCUT2D eigenvalue weighted by Crippen LogP contribution is -2.18. The van der Waals surface area contributed by atoms with E-state index in [9.17, 15) is 24.1 Å². The molecule has 12 heteroatoms. The number of fused-ring (bicyclic) bond motifs is 1. The van der Waals surface area contributed by atoms with Crippen LogP contribution in [0.15, 0.2) is 59.0 Å². The van der Waals surface area contributed by atoms with Gasteiger partial charge in [-0.2, -0.15) is 0 Å². The van der Waals surface area contributed by atoms with E-state index in [-0.39, 0.29) is 36.2 Å². The van der Waals surface area contributed by atoms with Crippen molar-refractivity contribution in [2.24, 2.45) is 0 Å². The molecule has 2 N–H and O–H groups in total. The second-order valence-electron chi connectivity index (χ2n) is 10.3. The molecular weight excluding hydrogens is 573 g/mol. The van der Waals surface area contributed by atoms with Gasteiger partial charge < -0.3 is 29.3 Å². The quantitative estimate of drug-likeness (QED) is 0.0787. The number of rotatable bonds is 14. The van der Waals surface area contributed by atoms with E-state index in [1.165, 1.54) is 31.4 Å². The lowest BCUT2D eigenvalue weighted by Gasteiger charge is -2.13. The van der Waals surface area contributed by atoms with Crippen molar-refractivity contribution in [2.75, 3.05) is 45.8 Å². The van der Waals surface area contributed by atoms with Gasteiger partial charge in [0.25, 0.3) is 11.6 Å². The molecule has 1 saturated carbocycles. The first-order valence-electron chi connectivity index (χ1n) is 14.1. The Hall–Kier alpha value is -4.81. The number of hydrogen-bond acceptors (Lipinski definition) is 9. The van der Waals surface area contributed by atoms with E-state index in [2.05, 4.69) is 15.4 Å². The van der Waals surface area contributed by atoms with Crippen molar-refractivity contribution in [3.8, 4) is 11.3 Å². The number of ether oxygens (including phenoxy) is 3. The summed E-state index contributed by atoms with van der Waals surface area (Å²) in [6.07, 6.45) is 2.11. The third-order valence-electron chi connectivity index (χ3n) is 7.30. The van der Waals surface area contributed by atoms with Crippen molar-refractivity contribution in [1.29, 1.82) is 0 Å². The normalized spacial score (nSPS) is 12.7. The first-order valence-corrected chi connectivity index (χ1v) is 14.1. The van der Waals surface area contributed by atoms with E-state index in [4.69, 9.17) is 13.9 Å². The van der Waals surface area contributed by atoms with Gasteiger partial charge in [-0.25, -0.2) is 9.18 Å². The molecule has 44 heavy (non-hydrogen) atoms. The fourth-order valence-electron chi connectivity index (χ4n) is 4.97. The SMILES string of the molecule is CNC(=O)c1c(-c2ccc(F)cc2)oc2cc(NCCOCCOCc3ccc(C(=O)OC)c([N+](=O)[O-])c3)c(C3CC3)cc12. The minimum Gasteiger partial charge on any atom is -0.465 e. The van der Waals surface area contributed by atoms with Gasteiger partial charge in [-0.1, -0.05) is 6.07 Å². The number of anilines is 1. The van der Waals surface area contributed by atoms with Crippen LogP contribution >= 0.6 is 0 Å². The van der Waals surface area contributed by atoms with Gasteiger partial charge in [0, 0.05) is 42.4 Å². The van der Waals surface area contributed by atoms with E-state index in [0.717, 1.165) is 24.1 Å². The molecule has 1 heterocycles. The van der Waals surface area contributed by atoms with Crippen LogP contribution in [-0.2, 0) is 20.8 Å². The van der Waals surface area contributed by atoms with E-state index < -0.39 is 10.9 Å². The molecule has 1 aliphatic carbocycles. The number of esters is 1. The molecule has 1 amide bonds. The lowest BCUT2D eigenvalue weighted by molar-refractivity contribution is -0.385. The molecule has 3 aromatic carbocycles. The standard InChI is InChI=1S/C32H32FN3O8/c1-34-31(37)29-25-16-24(20-4-5-20)26(17-28(25)44-30(29)21-6-8-22(33)9-7-21)35-11-12-42-13-14-43-18-19-3-10-23(32(38)41-2)27(15-19)36(39)40/h3,6-10,15-17,20,35H,4-5,11-14,18H2,1-2H3,(H,34,37). The summed E-state index contributed by atoms with van der Waals surface area (Å²) in [6, 6.07) is 14.0. The Kier molecular flexibility index (Phi) is 9.51. The number of nitrogens with one attached hydrogen (secondary N) is 2. The van der Waals surface area contributed by atoms with E-state index >= 15 is 0 Å². The summed E-state index contributed by atoms with van der Waals surface area (Å²) in [4.78, 5) is 35.3. The molecule has 0 aliphatic heterocycles. The number of hydrogen-bond donors (Lipinski definition) is 2. The Labute approximate surface area is 252 Å². The zero-order chi connectivity index (χ0) is 31.2. The summed E-state index contributed by atoms with van der Waals surface area (Å²) in [7, 11) is 2.73. The van der Waals surface area contributed by atoms with Crippen molar-refractivity contribution in [2.45, 2.75) is 25.4 Å². The van der Waals surface area contributed by atoms with Gasteiger partial charge in [-0.3, -0.25) is 14.9 Å². The minimum absolute atomic E-state index is 0.117. The van der Waals surface area contributed by atoms with Crippen molar-refractivity contribution in [3.63, 3.8) is 0 Å². The highest BCUT2D eigenvalue weighted by Gasteiger charge is 2.29. The number of nitro groups is 1. The monoisotopic (exact) mass is 605 g/mol. The Bertz CT molecular complexity index is 1680. The summed E-state index contributed by atoms with van der Waals surface area (Å²) < 4.78 is 35.6. The fraction of sp³-hybridized carbons (Fsp3) is 0.312. The van der Waals surface area contributed by atoms with Crippen LogP contribution in [0.1, 0.15) is 50.6 Å². The first kappa shape index (κ1) is 30.6. The largest absolute Gasteiger partial charge is 0.465 e. The number of methoxy groups -OCH3 is 1. The Morgan fingerprint density at radius 1 is 1.05 bits per heavy atom. The predicted molar refractivity (Wildman–Crippen MR) is 160 cm³/mol. The molecule has 1 fully saturated rings. The van der Waals surface area contributed by atoms with Crippen molar-refractivity contribution >= 4 is 34.2 Å². The number of carbonyl (C=O) groups is 2. The predicted octanol–water partition coefficient (Wildman–Crippen LogP) is 5.82. The summed E-state index contributed by atoms with van der Waals surface area (Å²) in [5, 5.41) is 18.1. The van der Waals surface area contributed by atoms with Gasteiger partial charge in [0.05, 0.1) is 44.0 Å². The summed E-state index contributed by atoms with van der Waals surface area (Å²) in [6.45, 7) is 1.61. The van der Waals surface area contributed by atoms with Crippen LogP contribution in [0.5, 0.6) is 0 Å². The molecule has 230 valence electrons. The van der Waals surface area contributed by atoms with Gasteiger partial charge in [0.2, 0.25) is 0 Å². The average molecular weight is 606 g/mol. The van der Waals surface area contributed by atoms with Gasteiger partial charge in [-0.15, -0.1) is 0 Å². The van der Waals surface area contributed by atoms with Crippen molar-refractivity contribution < 1.29 is 37.5 Å². The lowest BCUT2D eigenvalue weighted by atomic mass is 10.0. The Morgan fingerprint density at radius 2 is 1.80 bits per heavy atom. The van der Waals surface area contributed by atoms with Crippen molar-refractivity contribution in [1.82, 2.24) is 5.32 Å². The number of furan rings is 1. The highest BCUT2D eigenvalue weighted by molar-refractivity contribution is 6.11. The van der Waals surface area contributed by atoms with Gasteiger partial charge in [0.15, 0.2) is 0 Å². The molecule has 0 unspecified atom stereocenters. The second-order valence-corrected chi connectivity index (χ2v) is 10.3. The molecule has 4 aromatic rings. The van der Waals surface area contributed by atoms with E-state index in [0.29, 0.717) is 59.1 Å². The molecule has 11 nitrogen and oxygen atoms in total. The van der Waals surface area contributed by atoms with Crippen LogP contribution in [0.4, 0.5) is 15.8 Å². The molecule has 5 rings (SSSR count). The zero-order valence-corrected chi connectivity index (χ0v) is 24.3. The van der Waals surface area contributed by atoms with Crippen LogP contribution in [-0.4, -0.2) is 57.3 Å². The van der Waals surface area contributed by atoms with Gasteiger partial charge >= 0.3 is 5.97 Å². The van der Waals surface area contributed by atoms with Gasteiger partial charge in [-0.05, 0) is 66.3 Å². The minimum atomic E-state index is -0.775. The van der Waals surface area contributed by atoms with Gasteiger partial charge in [0.1, 0.15) is 22.7 Å². The molecule has 1 aliphatic rings. The molecule has 1 aromatic heterocycles. The first-order chi connectivity index (χ1) is 21.3. The number of halogens is 1. The highest BCUT2D eigenvalue weighted by Crippen LogP contribution is 2.46. The molecule has 0 bridgehead atoms. The number of carbonyl (C=O) groups excluding carboxylic acids is 2. The fourth-order valence-corrected chi connectivity index (χ4v) is 4.97. The van der Waals surface area contributed by atoms with Crippen LogP contribution in [0, 0.1) is 15.9 Å². The highest BCUT2D eigenvalue weighted by atomic mass is 19.1. The second kappa shape index (κ2) is 13.7. The molecule has 0 radical (unpaired) electrons. The third kappa shape index (κ3) is 6.87. The van der Waals surface area contributed by atoms with Crippen LogP contribution in [0.2, 0.25) is 0 Å². The molecule has 0 saturated heterocycles. The maximum atomic E-state index is 13.6. The maximum Gasteiger partial charge on any atom is 0.344 e. The van der Waals surface area contributed by atoms with E-state index in [1.54, 1.807) is 25.2 Å². The zero-order valence-electron chi connectivity index (χ0n) is 24.3. The Balaban J connectivity index is 1.18. The molecule has 0 spiro atoms. The summed E-state index contributed by atoms with van der Waals surface area (Å²) >= 11 is 0. The van der Waals surface area contributed by atoms with Crippen LogP contribution in [0.25, 0.3) is 22.3 Å². The van der Waals surface area contributed by atoms with Crippen LogP contribution < -0.4 is 10.6 Å².